The molecule has 0 aliphatic heterocycles. The quantitative estimate of drug-likeness (QED) is 0.799. The molecule has 17 heavy (non-hydrogen) atoms. The van der Waals surface area contributed by atoms with Crippen molar-refractivity contribution < 1.29 is 4.79 Å². The zero-order valence-corrected chi connectivity index (χ0v) is 13.7. The van der Waals surface area contributed by atoms with Crippen molar-refractivity contribution in [2.45, 2.75) is 19.9 Å². The van der Waals surface area contributed by atoms with Crippen molar-refractivity contribution in [3.05, 3.63) is 19.2 Å². The highest BCUT2D eigenvalue weighted by Crippen LogP contribution is 2.33. The second-order valence-electron chi connectivity index (χ2n) is 3.97. The van der Waals surface area contributed by atoms with E-state index in [0.717, 1.165) is 8.26 Å². The number of nitrogens with zero attached hydrogens (tertiary/aromatic N) is 2. The molecule has 0 spiro atoms. The van der Waals surface area contributed by atoms with Gasteiger partial charge in [0.25, 0.3) is 5.91 Å². The first-order chi connectivity index (χ1) is 7.88. The Labute approximate surface area is 122 Å². The molecular weight excluding hydrogens is 368 g/mol. The third-order valence-electron chi connectivity index (χ3n) is 2.36. The fourth-order valence-corrected chi connectivity index (χ4v) is 3.45. The van der Waals surface area contributed by atoms with Gasteiger partial charge in [-0.2, -0.15) is 5.26 Å². The first-order valence-corrected chi connectivity index (χ1v) is 7.40. The molecule has 1 amide bonds. The molecule has 0 aromatic carbocycles. The maximum Gasteiger partial charge on any atom is 0.264 e. The molecule has 92 valence electrons. The molecule has 0 aliphatic rings. The van der Waals surface area contributed by atoms with Crippen LogP contribution in [0.15, 0.2) is 14.3 Å². The fourth-order valence-electron chi connectivity index (χ4n) is 1.44. The molecule has 1 heterocycles. The van der Waals surface area contributed by atoms with Crippen LogP contribution in [0.2, 0.25) is 0 Å². The summed E-state index contributed by atoms with van der Waals surface area (Å²) in [5, 5.41) is 9.06. The van der Waals surface area contributed by atoms with Gasteiger partial charge in [-0.1, -0.05) is 13.8 Å². The molecule has 0 fully saturated rings. The lowest BCUT2D eigenvalue weighted by atomic mass is 10.0. The number of carbonyl (C=O) groups is 1. The van der Waals surface area contributed by atoms with Crippen molar-refractivity contribution in [2.75, 3.05) is 7.05 Å². The van der Waals surface area contributed by atoms with Crippen molar-refractivity contribution in [2.24, 2.45) is 5.92 Å². The monoisotopic (exact) mass is 378 g/mol. The summed E-state index contributed by atoms with van der Waals surface area (Å²) in [6, 6.07) is 3.53. The Hall–Kier alpha value is -0.380. The zero-order chi connectivity index (χ0) is 13.2. The van der Waals surface area contributed by atoms with E-state index in [9.17, 15) is 4.79 Å². The second-order valence-corrected chi connectivity index (χ2v) is 7.19. The molecular formula is C11H12Br2N2OS. The number of carbonyl (C=O) groups excluding carboxylic acids is 1. The Morgan fingerprint density at radius 2 is 2.12 bits per heavy atom. The van der Waals surface area contributed by atoms with Crippen molar-refractivity contribution in [1.82, 2.24) is 4.90 Å². The van der Waals surface area contributed by atoms with Gasteiger partial charge in [0, 0.05) is 11.5 Å². The average Bonchev–Trinajstić information content (AvgIpc) is 2.58. The molecule has 0 radical (unpaired) electrons. The Bertz CT molecular complexity index is 445. The minimum atomic E-state index is -0.401. The van der Waals surface area contributed by atoms with Crippen LogP contribution in [0.1, 0.15) is 23.5 Å². The van der Waals surface area contributed by atoms with E-state index in [4.69, 9.17) is 5.26 Å². The van der Waals surface area contributed by atoms with Crippen LogP contribution in [0.4, 0.5) is 0 Å². The summed E-state index contributed by atoms with van der Waals surface area (Å²) in [5.41, 5.74) is 0. The number of thiophene rings is 1. The maximum absolute atomic E-state index is 12.2. The minimum absolute atomic E-state index is 0.112. The summed E-state index contributed by atoms with van der Waals surface area (Å²) in [6.07, 6.45) is 0. The third-order valence-corrected chi connectivity index (χ3v) is 5.60. The van der Waals surface area contributed by atoms with Gasteiger partial charge < -0.3 is 4.90 Å². The minimum Gasteiger partial charge on any atom is -0.325 e. The summed E-state index contributed by atoms with van der Waals surface area (Å²) in [5.74, 6) is -0.0116. The van der Waals surface area contributed by atoms with Gasteiger partial charge in [-0.05, 0) is 43.8 Å². The molecule has 1 atom stereocenters. The Balaban J connectivity index is 2.94. The molecule has 1 aromatic heterocycles. The van der Waals surface area contributed by atoms with Crippen molar-refractivity contribution in [3.63, 3.8) is 0 Å². The van der Waals surface area contributed by atoms with Gasteiger partial charge in [0.05, 0.1) is 14.7 Å². The van der Waals surface area contributed by atoms with E-state index in [0.29, 0.717) is 4.88 Å². The molecule has 1 aromatic rings. The van der Waals surface area contributed by atoms with Gasteiger partial charge in [-0.3, -0.25) is 4.79 Å². The second kappa shape index (κ2) is 5.98. The smallest absolute Gasteiger partial charge is 0.264 e. The third kappa shape index (κ3) is 3.30. The van der Waals surface area contributed by atoms with Gasteiger partial charge in [0.15, 0.2) is 0 Å². The summed E-state index contributed by atoms with van der Waals surface area (Å²) < 4.78 is 1.74. The largest absolute Gasteiger partial charge is 0.325 e. The highest BCUT2D eigenvalue weighted by atomic mass is 79.9. The van der Waals surface area contributed by atoms with Crippen LogP contribution >= 0.6 is 43.2 Å². The Kier molecular flexibility index (Phi) is 5.17. The van der Waals surface area contributed by atoms with Gasteiger partial charge in [-0.25, -0.2) is 0 Å². The van der Waals surface area contributed by atoms with E-state index in [2.05, 4.69) is 37.9 Å². The highest BCUT2D eigenvalue weighted by Gasteiger charge is 2.25. The molecule has 0 aliphatic carbocycles. The zero-order valence-electron chi connectivity index (χ0n) is 9.70. The molecule has 0 saturated heterocycles. The van der Waals surface area contributed by atoms with E-state index < -0.39 is 6.04 Å². The number of halogens is 2. The lowest BCUT2D eigenvalue weighted by molar-refractivity contribution is 0.0740. The molecule has 0 saturated carbocycles. The van der Waals surface area contributed by atoms with Gasteiger partial charge in [0.2, 0.25) is 0 Å². The lowest BCUT2D eigenvalue weighted by Crippen LogP contribution is -2.39. The van der Waals surface area contributed by atoms with Crippen molar-refractivity contribution in [3.8, 4) is 6.07 Å². The number of nitriles is 1. The van der Waals surface area contributed by atoms with Gasteiger partial charge in [-0.15, -0.1) is 11.3 Å². The van der Waals surface area contributed by atoms with Crippen molar-refractivity contribution >= 4 is 49.1 Å². The summed E-state index contributed by atoms with van der Waals surface area (Å²) in [4.78, 5) is 14.3. The average molecular weight is 380 g/mol. The van der Waals surface area contributed by atoms with Crippen LogP contribution in [0.25, 0.3) is 0 Å². The molecule has 0 bridgehead atoms. The summed E-state index contributed by atoms with van der Waals surface area (Å²) in [6.45, 7) is 3.86. The number of hydrogen-bond donors (Lipinski definition) is 0. The van der Waals surface area contributed by atoms with E-state index in [1.807, 2.05) is 13.8 Å². The fraction of sp³-hybridized carbons (Fsp3) is 0.455. The van der Waals surface area contributed by atoms with E-state index in [1.165, 1.54) is 16.2 Å². The summed E-state index contributed by atoms with van der Waals surface area (Å²) in [7, 11) is 1.66. The number of rotatable bonds is 3. The maximum atomic E-state index is 12.2. The SMILES string of the molecule is CC(C)C(C#N)N(C)C(=O)c1cc(Br)c(Br)s1. The Morgan fingerprint density at radius 1 is 1.53 bits per heavy atom. The van der Waals surface area contributed by atoms with Crippen LogP contribution in [-0.2, 0) is 0 Å². The van der Waals surface area contributed by atoms with Crippen LogP contribution in [0.5, 0.6) is 0 Å². The van der Waals surface area contributed by atoms with E-state index in [-0.39, 0.29) is 11.8 Å². The van der Waals surface area contributed by atoms with Crippen LogP contribution in [0.3, 0.4) is 0 Å². The van der Waals surface area contributed by atoms with Gasteiger partial charge in [0.1, 0.15) is 6.04 Å². The standard InChI is InChI=1S/C11H12Br2N2OS/c1-6(2)8(5-14)15(3)11(16)9-4-7(12)10(13)17-9/h4,6,8H,1-3H3. The topological polar surface area (TPSA) is 44.1 Å². The van der Waals surface area contributed by atoms with Gasteiger partial charge >= 0.3 is 0 Å². The van der Waals surface area contributed by atoms with E-state index >= 15 is 0 Å². The van der Waals surface area contributed by atoms with Crippen LogP contribution < -0.4 is 0 Å². The first kappa shape index (κ1) is 14.7. The summed E-state index contributed by atoms with van der Waals surface area (Å²) >= 11 is 8.06. The number of amides is 1. The Morgan fingerprint density at radius 3 is 2.47 bits per heavy atom. The predicted molar refractivity (Wildman–Crippen MR) is 76.1 cm³/mol. The molecule has 0 N–H and O–H groups in total. The van der Waals surface area contributed by atoms with E-state index in [1.54, 1.807) is 13.1 Å². The number of hydrogen-bond acceptors (Lipinski definition) is 3. The lowest BCUT2D eigenvalue weighted by Gasteiger charge is -2.24. The molecule has 1 unspecified atom stereocenters. The first-order valence-electron chi connectivity index (χ1n) is 5.00. The normalized spacial score (nSPS) is 12.3. The van der Waals surface area contributed by atoms with Crippen molar-refractivity contribution in [1.29, 1.82) is 5.26 Å². The van der Waals surface area contributed by atoms with Crippen LogP contribution in [0, 0.1) is 17.2 Å². The molecule has 1 rings (SSSR count). The van der Waals surface area contributed by atoms with Crippen LogP contribution in [-0.4, -0.2) is 23.9 Å². The molecule has 3 nitrogen and oxygen atoms in total. The molecule has 6 heteroatoms. The predicted octanol–water partition coefficient (Wildman–Crippen LogP) is 3.89. The highest BCUT2D eigenvalue weighted by molar-refractivity contribution is 9.13.